The van der Waals surface area contributed by atoms with E-state index in [2.05, 4.69) is 4.98 Å². The van der Waals surface area contributed by atoms with Gasteiger partial charge in [-0.1, -0.05) is 18.2 Å². The van der Waals surface area contributed by atoms with Gasteiger partial charge in [0.2, 0.25) is 5.88 Å². The first-order valence-corrected chi connectivity index (χ1v) is 5.18. The predicted octanol–water partition coefficient (Wildman–Crippen LogP) is 2.27. The molecule has 0 aliphatic heterocycles. The second-order valence-corrected chi connectivity index (χ2v) is 3.48. The van der Waals surface area contributed by atoms with Crippen LogP contribution in [0.2, 0.25) is 0 Å². The third-order valence-electron chi connectivity index (χ3n) is 2.29. The van der Waals surface area contributed by atoms with E-state index >= 15 is 0 Å². The van der Waals surface area contributed by atoms with Crippen molar-refractivity contribution >= 4 is 5.69 Å². The summed E-state index contributed by atoms with van der Waals surface area (Å²) in [6.07, 6.45) is 1.12. The molecule has 92 valence electrons. The molecule has 1 N–H and O–H groups in total. The van der Waals surface area contributed by atoms with E-state index in [9.17, 15) is 10.1 Å². The molecule has 2 aromatic rings. The van der Waals surface area contributed by atoms with E-state index in [1.807, 2.05) is 0 Å². The summed E-state index contributed by atoms with van der Waals surface area (Å²) >= 11 is 0. The molecule has 0 fully saturated rings. The van der Waals surface area contributed by atoms with Gasteiger partial charge < -0.3 is 9.84 Å². The van der Waals surface area contributed by atoms with E-state index in [1.165, 1.54) is 12.1 Å². The standard InChI is InChI=1S/C12H10N2O4/c15-8-9-3-1-2-4-11(9)18-12-6-5-10(7-13-12)14(16)17/h1-7,15H,8H2. The second-order valence-electron chi connectivity index (χ2n) is 3.48. The molecule has 0 spiro atoms. The number of aliphatic hydroxyl groups excluding tert-OH is 1. The van der Waals surface area contributed by atoms with Crippen molar-refractivity contribution in [2.75, 3.05) is 0 Å². The van der Waals surface area contributed by atoms with Crippen LogP contribution in [0.3, 0.4) is 0 Å². The maximum Gasteiger partial charge on any atom is 0.287 e. The topological polar surface area (TPSA) is 85.5 Å². The normalized spacial score (nSPS) is 10.1. The van der Waals surface area contributed by atoms with Crippen molar-refractivity contribution in [3.63, 3.8) is 0 Å². The number of nitro groups is 1. The zero-order valence-electron chi connectivity index (χ0n) is 9.31. The number of aromatic nitrogens is 1. The van der Waals surface area contributed by atoms with Crippen molar-refractivity contribution < 1.29 is 14.8 Å². The van der Waals surface area contributed by atoms with Gasteiger partial charge in [0.05, 0.1) is 11.5 Å². The van der Waals surface area contributed by atoms with Crippen LogP contribution in [0, 0.1) is 10.1 Å². The molecule has 0 aliphatic rings. The summed E-state index contributed by atoms with van der Waals surface area (Å²) in [4.78, 5) is 13.8. The minimum absolute atomic E-state index is 0.0993. The molecule has 0 saturated carbocycles. The van der Waals surface area contributed by atoms with Crippen LogP contribution < -0.4 is 4.74 Å². The number of aliphatic hydroxyl groups is 1. The highest BCUT2D eigenvalue weighted by Crippen LogP contribution is 2.24. The average Bonchev–Trinajstić information content (AvgIpc) is 2.40. The maximum absolute atomic E-state index is 10.5. The number of rotatable bonds is 4. The Hall–Kier alpha value is -2.47. The van der Waals surface area contributed by atoms with E-state index < -0.39 is 4.92 Å². The molecule has 0 radical (unpaired) electrons. The highest BCUT2D eigenvalue weighted by atomic mass is 16.6. The van der Waals surface area contributed by atoms with Gasteiger partial charge in [-0.3, -0.25) is 10.1 Å². The number of hydrogen-bond acceptors (Lipinski definition) is 5. The fourth-order valence-electron chi connectivity index (χ4n) is 1.39. The third-order valence-corrected chi connectivity index (χ3v) is 2.29. The number of para-hydroxylation sites is 1. The molecule has 1 heterocycles. The largest absolute Gasteiger partial charge is 0.439 e. The lowest BCUT2D eigenvalue weighted by Crippen LogP contribution is -1.94. The minimum Gasteiger partial charge on any atom is -0.439 e. The van der Waals surface area contributed by atoms with Gasteiger partial charge in [-0.2, -0.15) is 0 Å². The Morgan fingerprint density at radius 3 is 2.67 bits per heavy atom. The SMILES string of the molecule is O=[N+]([O-])c1ccc(Oc2ccccc2CO)nc1. The zero-order chi connectivity index (χ0) is 13.0. The van der Waals surface area contributed by atoms with E-state index in [0.717, 1.165) is 6.20 Å². The minimum atomic E-state index is -0.529. The molecule has 0 aliphatic carbocycles. The summed E-state index contributed by atoms with van der Waals surface area (Å²) in [7, 11) is 0. The van der Waals surface area contributed by atoms with Crippen molar-refractivity contribution in [2.45, 2.75) is 6.61 Å². The van der Waals surface area contributed by atoms with Crippen LogP contribution in [-0.2, 0) is 6.61 Å². The smallest absolute Gasteiger partial charge is 0.287 e. The number of pyridine rings is 1. The van der Waals surface area contributed by atoms with Crippen LogP contribution in [0.25, 0.3) is 0 Å². The van der Waals surface area contributed by atoms with Crippen molar-refractivity contribution in [3.05, 3.63) is 58.3 Å². The monoisotopic (exact) mass is 246 g/mol. The number of hydrogen-bond donors (Lipinski definition) is 1. The first-order chi connectivity index (χ1) is 8.70. The van der Waals surface area contributed by atoms with Gasteiger partial charge in [-0.25, -0.2) is 4.98 Å². The number of benzene rings is 1. The molecule has 0 saturated heterocycles. The molecular formula is C12H10N2O4. The van der Waals surface area contributed by atoms with Crippen LogP contribution >= 0.6 is 0 Å². The van der Waals surface area contributed by atoms with E-state index in [-0.39, 0.29) is 18.2 Å². The van der Waals surface area contributed by atoms with Crippen molar-refractivity contribution in [1.29, 1.82) is 0 Å². The van der Waals surface area contributed by atoms with Crippen molar-refractivity contribution in [2.24, 2.45) is 0 Å². The van der Waals surface area contributed by atoms with Gasteiger partial charge in [0, 0.05) is 17.7 Å². The molecule has 1 aromatic heterocycles. The molecule has 6 nitrogen and oxygen atoms in total. The Morgan fingerprint density at radius 2 is 2.06 bits per heavy atom. The van der Waals surface area contributed by atoms with Gasteiger partial charge in [-0.15, -0.1) is 0 Å². The van der Waals surface area contributed by atoms with Crippen LogP contribution in [0.1, 0.15) is 5.56 Å². The molecule has 2 rings (SSSR count). The summed E-state index contributed by atoms with van der Waals surface area (Å²) in [6.45, 7) is -0.150. The molecular weight excluding hydrogens is 236 g/mol. The fraction of sp³-hybridized carbons (Fsp3) is 0.0833. The highest BCUT2D eigenvalue weighted by molar-refractivity contribution is 5.37. The summed E-state index contributed by atoms with van der Waals surface area (Å²) < 4.78 is 5.44. The lowest BCUT2D eigenvalue weighted by Gasteiger charge is -2.07. The summed E-state index contributed by atoms with van der Waals surface area (Å²) in [6, 6.07) is 9.67. The average molecular weight is 246 g/mol. The third kappa shape index (κ3) is 2.61. The highest BCUT2D eigenvalue weighted by Gasteiger charge is 2.08. The van der Waals surface area contributed by atoms with E-state index in [1.54, 1.807) is 24.3 Å². The summed E-state index contributed by atoms with van der Waals surface area (Å²) in [5.74, 6) is 0.711. The van der Waals surface area contributed by atoms with Crippen LogP contribution in [-0.4, -0.2) is 15.0 Å². The lowest BCUT2D eigenvalue weighted by atomic mass is 10.2. The zero-order valence-corrected chi connectivity index (χ0v) is 9.31. The Balaban J connectivity index is 2.21. The van der Waals surface area contributed by atoms with Crippen LogP contribution in [0.4, 0.5) is 5.69 Å². The van der Waals surface area contributed by atoms with Crippen molar-refractivity contribution in [3.8, 4) is 11.6 Å². The van der Waals surface area contributed by atoms with Gasteiger partial charge >= 0.3 is 0 Å². The Bertz CT molecular complexity index is 554. The predicted molar refractivity (Wildman–Crippen MR) is 63.3 cm³/mol. The second kappa shape index (κ2) is 5.24. The lowest BCUT2D eigenvalue weighted by molar-refractivity contribution is -0.385. The quantitative estimate of drug-likeness (QED) is 0.660. The first-order valence-electron chi connectivity index (χ1n) is 5.18. The van der Waals surface area contributed by atoms with Crippen molar-refractivity contribution in [1.82, 2.24) is 4.98 Å². The first kappa shape index (κ1) is 12.0. The molecule has 0 bridgehead atoms. The fourth-order valence-corrected chi connectivity index (χ4v) is 1.39. The van der Waals surface area contributed by atoms with Gasteiger partial charge in [-0.05, 0) is 6.07 Å². The molecule has 0 atom stereocenters. The number of nitrogens with zero attached hydrogens (tertiary/aromatic N) is 2. The van der Waals surface area contributed by atoms with Gasteiger partial charge in [0.25, 0.3) is 5.69 Å². The Labute approximate surface area is 103 Å². The summed E-state index contributed by atoms with van der Waals surface area (Å²) in [5.41, 5.74) is 0.524. The number of ether oxygens (including phenoxy) is 1. The molecule has 0 unspecified atom stereocenters. The summed E-state index contributed by atoms with van der Waals surface area (Å²) in [5, 5.41) is 19.6. The van der Waals surface area contributed by atoms with Crippen LogP contribution in [0.15, 0.2) is 42.6 Å². The maximum atomic E-state index is 10.5. The van der Waals surface area contributed by atoms with Gasteiger partial charge in [0.1, 0.15) is 11.9 Å². The molecule has 0 amide bonds. The Morgan fingerprint density at radius 1 is 1.28 bits per heavy atom. The Kier molecular flexibility index (Phi) is 3.49. The molecule has 1 aromatic carbocycles. The van der Waals surface area contributed by atoms with Gasteiger partial charge in [0.15, 0.2) is 0 Å². The molecule has 18 heavy (non-hydrogen) atoms. The van der Waals surface area contributed by atoms with E-state index in [4.69, 9.17) is 9.84 Å². The van der Waals surface area contributed by atoms with Crippen LogP contribution in [0.5, 0.6) is 11.6 Å². The van der Waals surface area contributed by atoms with E-state index in [0.29, 0.717) is 11.3 Å². The molecule has 6 heteroatoms.